The van der Waals surface area contributed by atoms with Crippen LogP contribution in [0.25, 0.3) is 0 Å². The van der Waals surface area contributed by atoms with Crippen molar-refractivity contribution in [2.24, 2.45) is 0 Å². The molecule has 17 heavy (non-hydrogen) atoms. The van der Waals surface area contributed by atoms with Crippen LogP contribution in [0.3, 0.4) is 0 Å². The quantitative estimate of drug-likeness (QED) is 0.712. The molecule has 0 fully saturated rings. The van der Waals surface area contributed by atoms with Crippen molar-refractivity contribution in [2.75, 3.05) is 13.2 Å². The van der Waals surface area contributed by atoms with Crippen LogP contribution in [0.2, 0.25) is 0 Å². The molecule has 0 bridgehead atoms. The number of carbonyl (C=O) groups excluding carboxylic acids is 1. The van der Waals surface area contributed by atoms with Gasteiger partial charge in [-0.25, -0.2) is 0 Å². The van der Waals surface area contributed by atoms with Gasteiger partial charge in [0.1, 0.15) is 5.75 Å². The minimum absolute atomic E-state index is 0.198. The first-order valence-corrected chi connectivity index (χ1v) is 5.99. The minimum Gasteiger partial charge on any atom is -0.493 e. The Hall–Kier alpha value is -1.51. The summed E-state index contributed by atoms with van der Waals surface area (Å²) >= 11 is 0. The molecule has 0 saturated heterocycles. The number of ether oxygens (including phenoxy) is 2. The molecule has 3 nitrogen and oxygen atoms in total. The molecule has 0 radical (unpaired) electrons. The molecule has 1 aromatic rings. The number of aryl methyl sites for hydroxylation is 2. The molecule has 1 rings (SSSR count). The molecule has 0 heterocycles. The van der Waals surface area contributed by atoms with E-state index >= 15 is 0 Å². The Balaban J connectivity index is 2.30. The van der Waals surface area contributed by atoms with Crippen LogP contribution >= 0.6 is 0 Å². The number of hydrogen-bond donors (Lipinski definition) is 0. The fraction of sp³-hybridized carbons (Fsp3) is 0.500. The summed E-state index contributed by atoms with van der Waals surface area (Å²) in [5.74, 6) is 0.604. The standard InChI is InChI=1S/C14H20O3/c1-4-8-17-14(15)7-9-16-13-6-5-11(2)12(3)10-13/h5-6,10H,4,7-9H2,1-3H3. The predicted octanol–water partition coefficient (Wildman–Crippen LogP) is 3.03. The van der Waals surface area contributed by atoms with E-state index in [9.17, 15) is 4.79 Å². The zero-order chi connectivity index (χ0) is 12.7. The lowest BCUT2D eigenvalue weighted by atomic mass is 10.1. The molecule has 0 N–H and O–H groups in total. The Bertz CT molecular complexity index is 372. The third-order valence-corrected chi connectivity index (χ3v) is 2.52. The lowest BCUT2D eigenvalue weighted by Crippen LogP contribution is -2.10. The van der Waals surface area contributed by atoms with Gasteiger partial charge >= 0.3 is 5.97 Å². The van der Waals surface area contributed by atoms with Crippen LogP contribution in [0.4, 0.5) is 0 Å². The summed E-state index contributed by atoms with van der Waals surface area (Å²) in [6, 6.07) is 5.91. The molecule has 94 valence electrons. The average molecular weight is 236 g/mol. The molecular formula is C14H20O3. The van der Waals surface area contributed by atoms with Gasteiger partial charge in [0.25, 0.3) is 0 Å². The highest BCUT2D eigenvalue weighted by Gasteiger charge is 2.03. The molecule has 1 aromatic carbocycles. The molecule has 0 amide bonds. The van der Waals surface area contributed by atoms with E-state index < -0.39 is 0 Å². The molecule has 0 aliphatic heterocycles. The third kappa shape index (κ3) is 4.89. The predicted molar refractivity (Wildman–Crippen MR) is 67.3 cm³/mol. The first kappa shape index (κ1) is 13.6. The Morgan fingerprint density at radius 1 is 1.18 bits per heavy atom. The maximum absolute atomic E-state index is 11.2. The molecule has 0 aliphatic rings. The van der Waals surface area contributed by atoms with Crippen molar-refractivity contribution < 1.29 is 14.3 Å². The van der Waals surface area contributed by atoms with Crippen molar-refractivity contribution in [3.63, 3.8) is 0 Å². The highest BCUT2D eigenvalue weighted by Crippen LogP contribution is 2.16. The highest BCUT2D eigenvalue weighted by molar-refractivity contribution is 5.69. The number of esters is 1. The normalized spacial score (nSPS) is 10.1. The van der Waals surface area contributed by atoms with E-state index in [2.05, 4.69) is 6.92 Å². The largest absolute Gasteiger partial charge is 0.493 e. The summed E-state index contributed by atoms with van der Waals surface area (Å²) in [6.45, 7) is 6.92. The van der Waals surface area contributed by atoms with E-state index in [-0.39, 0.29) is 5.97 Å². The highest BCUT2D eigenvalue weighted by atomic mass is 16.5. The Morgan fingerprint density at radius 3 is 2.59 bits per heavy atom. The van der Waals surface area contributed by atoms with Gasteiger partial charge in [0.05, 0.1) is 19.6 Å². The van der Waals surface area contributed by atoms with Gasteiger partial charge in [-0.2, -0.15) is 0 Å². The van der Waals surface area contributed by atoms with E-state index in [1.54, 1.807) is 0 Å². The van der Waals surface area contributed by atoms with E-state index in [1.807, 2.05) is 32.0 Å². The van der Waals surface area contributed by atoms with Gasteiger partial charge in [0.15, 0.2) is 0 Å². The smallest absolute Gasteiger partial charge is 0.309 e. The average Bonchev–Trinajstić information content (AvgIpc) is 2.31. The minimum atomic E-state index is -0.198. The van der Waals surface area contributed by atoms with Crippen LogP contribution in [0.15, 0.2) is 18.2 Å². The lowest BCUT2D eigenvalue weighted by molar-refractivity contribution is -0.144. The first-order valence-electron chi connectivity index (χ1n) is 5.99. The SMILES string of the molecule is CCCOC(=O)CCOc1ccc(C)c(C)c1. The number of benzene rings is 1. The van der Waals surface area contributed by atoms with Gasteiger partial charge in [0.2, 0.25) is 0 Å². The Labute approximate surface area is 103 Å². The van der Waals surface area contributed by atoms with Gasteiger partial charge in [-0.1, -0.05) is 13.0 Å². The molecule has 0 unspecified atom stereocenters. The second-order valence-electron chi connectivity index (χ2n) is 4.06. The summed E-state index contributed by atoms with van der Waals surface area (Å²) in [5.41, 5.74) is 2.43. The monoisotopic (exact) mass is 236 g/mol. The summed E-state index contributed by atoms with van der Waals surface area (Å²) in [5, 5.41) is 0. The van der Waals surface area contributed by atoms with Crippen molar-refractivity contribution >= 4 is 5.97 Å². The number of hydrogen-bond acceptors (Lipinski definition) is 3. The summed E-state index contributed by atoms with van der Waals surface area (Å²) < 4.78 is 10.4. The summed E-state index contributed by atoms with van der Waals surface area (Å²) in [4.78, 5) is 11.2. The van der Waals surface area contributed by atoms with Crippen LogP contribution in [-0.4, -0.2) is 19.2 Å². The van der Waals surface area contributed by atoms with Crippen LogP contribution in [0, 0.1) is 13.8 Å². The van der Waals surface area contributed by atoms with Gasteiger partial charge < -0.3 is 9.47 Å². The van der Waals surface area contributed by atoms with Crippen molar-refractivity contribution in [1.82, 2.24) is 0 Å². The van der Waals surface area contributed by atoms with Gasteiger partial charge in [0, 0.05) is 0 Å². The van der Waals surface area contributed by atoms with E-state index in [0.717, 1.165) is 12.2 Å². The van der Waals surface area contributed by atoms with Crippen LogP contribution in [0.5, 0.6) is 5.75 Å². The first-order chi connectivity index (χ1) is 8.13. The van der Waals surface area contributed by atoms with Gasteiger partial charge in [-0.05, 0) is 43.5 Å². The molecule has 0 saturated carbocycles. The van der Waals surface area contributed by atoms with Crippen molar-refractivity contribution in [1.29, 1.82) is 0 Å². The van der Waals surface area contributed by atoms with Crippen molar-refractivity contribution in [3.05, 3.63) is 29.3 Å². The van der Waals surface area contributed by atoms with Crippen LogP contribution in [0.1, 0.15) is 30.9 Å². The van der Waals surface area contributed by atoms with E-state index in [1.165, 1.54) is 11.1 Å². The second kappa shape index (κ2) is 6.94. The number of rotatable bonds is 6. The number of carbonyl (C=O) groups is 1. The second-order valence-corrected chi connectivity index (χ2v) is 4.06. The maximum atomic E-state index is 11.2. The maximum Gasteiger partial charge on any atom is 0.309 e. The van der Waals surface area contributed by atoms with Crippen LogP contribution < -0.4 is 4.74 Å². The zero-order valence-corrected chi connectivity index (χ0v) is 10.8. The molecular weight excluding hydrogens is 216 g/mol. The van der Waals surface area contributed by atoms with Crippen molar-refractivity contribution in [2.45, 2.75) is 33.6 Å². The Morgan fingerprint density at radius 2 is 1.94 bits per heavy atom. The fourth-order valence-corrected chi connectivity index (χ4v) is 1.34. The van der Waals surface area contributed by atoms with Crippen molar-refractivity contribution in [3.8, 4) is 5.75 Å². The fourth-order valence-electron chi connectivity index (χ4n) is 1.34. The third-order valence-electron chi connectivity index (χ3n) is 2.52. The topological polar surface area (TPSA) is 35.5 Å². The molecule has 3 heteroatoms. The zero-order valence-electron chi connectivity index (χ0n) is 10.8. The molecule has 0 aromatic heterocycles. The van der Waals surface area contributed by atoms with E-state index in [4.69, 9.17) is 9.47 Å². The van der Waals surface area contributed by atoms with E-state index in [0.29, 0.717) is 19.6 Å². The van der Waals surface area contributed by atoms with Gasteiger partial charge in [-0.3, -0.25) is 4.79 Å². The Kier molecular flexibility index (Phi) is 5.53. The molecule has 0 aliphatic carbocycles. The molecule has 0 spiro atoms. The van der Waals surface area contributed by atoms with Crippen LogP contribution in [-0.2, 0) is 9.53 Å². The summed E-state index contributed by atoms with van der Waals surface area (Å²) in [7, 11) is 0. The molecule has 0 atom stereocenters. The van der Waals surface area contributed by atoms with Gasteiger partial charge in [-0.15, -0.1) is 0 Å². The lowest BCUT2D eigenvalue weighted by Gasteiger charge is -2.08. The summed E-state index contributed by atoms with van der Waals surface area (Å²) in [6.07, 6.45) is 1.15.